The Morgan fingerprint density at radius 1 is 1.40 bits per heavy atom. The van der Waals surface area contributed by atoms with Crippen molar-refractivity contribution in [2.45, 2.75) is 26.3 Å². The van der Waals surface area contributed by atoms with Crippen LogP contribution >= 0.6 is 0 Å². The van der Waals surface area contributed by atoms with Crippen LogP contribution in [0.25, 0.3) is 0 Å². The van der Waals surface area contributed by atoms with E-state index in [1.165, 1.54) is 0 Å². The summed E-state index contributed by atoms with van der Waals surface area (Å²) in [6.45, 7) is 10.5. The SMILES string of the molecule is CCN(C)C(C)(C)C(=O)N1CCNCC1. The van der Waals surface area contributed by atoms with Gasteiger partial charge in [0.05, 0.1) is 5.54 Å². The van der Waals surface area contributed by atoms with E-state index in [0.29, 0.717) is 0 Å². The van der Waals surface area contributed by atoms with Crippen molar-refractivity contribution in [1.82, 2.24) is 15.1 Å². The van der Waals surface area contributed by atoms with E-state index < -0.39 is 0 Å². The summed E-state index contributed by atoms with van der Waals surface area (Å²) in [6.07, 6.45) is 0. The van der Waals surface area contributed by atoms with Crippen LogP contribution in [-0.4, -0.2) is 61.0 Å². The minimum Gasteiger partial charge on any atom is -0.339 e. The maximum atomic E-state index is 12.3. The molecule has 15 heavy (non-hydrogen) atoms. The van der Waals surface area contributed by atoms with E-state index in [0.717, 1.165) is 32.7 Å². The molecule has 4 heteroatoms. The van der Waals surface area contributed by atoms with Gasteiger partial charge in [-0.05, 0) is 27.4 Å². The molecule has 1 amide bonds. The van der Waals surface area contributed by atoms with E-state index in [-0.39, 0.29) is 11.4 Å². The van der Waals surface area contributed by atoms with Gasteiger partial charge in [0.25, 0.3) is 0 Å². The van der Waals surface area contributed by atoms with Crippen molar-refractivity contribution < 1.29 is 4.79 Å². The van der Waals surface area contributed by atoms with Crippen LogP contribution in [0.15, 0.2) is 0 Å². The predicted octanol–water partition coefficient (Wildman–Crippen LogP) is 0.149. The van der Waals surface area contributed by atoms with E-state index in [2.05, 4.69) is 17.1 Å². The van der Waals surface area contributed by atoms with Crippen LogP contribution in [0, 0.1) is 0 Å². The van der Waals surface area contributed by atoms with Gasteiger partial charge in [0.15, 0.2) is 0 Å². The number of nitrogens with zero attached hydrogens (tertiary/aromatic N) is 2. The Labute approximate surface area is 92.6 Å². The largest absolute Gasteiger partial charge is 0.339 e. The van der Waals surface area contributed by atoms with E-state index in [1.54, 1.807) is 0 Å². The first-order chi connectivity index (χ1) is 7.00. The Hall–Kier alpha value is -0.610. The number of hydrogen-bond acceptors (Lipinski definition) is 3. The third-order valence-corrected chi connectivity index (χ3v) is 3.36. The van der Waals surface area contributed by atoms with Crippen molar-refractivity contribution in [2.24, 2.45) is 0 Å². The highest BCUT2D eigenvalue weighted by Crippen LogP contribution is 2.16. The smallest absolute Gasteiger partial charge is 0.242 e. The molecule has 0 aromatic heterocycles. The molecule has 0 saturated carbocycles. The number of nitrogens with one attached hydrogen (secondary N) is 1. The lowest BCUT2D eigenvalue weighted by atomic mass is 10.0. The van der Waals surface area contributed by atoms with Crippen LogP contribution in [0.5, 0.6) is 0 Å². The van der Waals surface area contributed by atoms with E-state index in [9.17, 15) is 4.79 Å². The molecule has 0 aromatic carbocycles. The lowest BCUT2D eigenvalue weighted by Crippen LogP contribution is -2.58. The van der Waals surface area contributed by atoms with Gasteiger partial charge < -0.3 is 10.2 Å². The first kappa shape index (κ1) is 12.5. The average Bonchev–Trinajstić information content (AvgIpc) is 2.28. The minimum absolute atomic E-state index is 0.244. The standard InChI is InChI=1S/C11H23N3O/c1-5-13(4)11(2,3)10(15)14-8-6-12-7-9-14/h12H,5-9H2,1-4H3. The maximum absolute atomic E-state index is 12.3. The Balaban J connectivity index is 2.64. The molecular formula is C11H23N3O. The van der Waals surface area contributed by atoms with Gasteiger partial charge >= 0.3 is 0 Å². The number of carbonyl (C=O) groups is 1. The number of carbonyl (C=O) groups excluding carboxylic acids is 1. The van der Waals surface area contributed by atoms with Crippen LogP contribution in [0.3, 0.4) is 0 Å². The molecule has 88 valence electrons. The molecule has 0 aliphatic carbocycles. The second kappa shape index (κ2) is 4.94. The number of likely N-dealkylation sites (N-methyl/N-ethyl adjacent to an activating group) is 1. The molecule has 1 rings (SSSR count). The summed E-state index contributed by atoms with van der Waals surface area (Å²) in [6, 6.07) is 0. The summed E-state index contributed by atoms with van der Waals surface area (Å²) in [5, 5.41) is 3.26. The van der Waals surface area contributed by atoms with Crippen molar-refractivity contribution in [3.05, 3.63) is 0 Å². The molecule has 1 N–H and O–H groups in total. The van der Waals surface area contributed by atoms with Crippen LogP contribution in [0.4, 0.5) is 0 Å². The molecule has 0 radical (unpaired) electrons. The van der Waals surface area contributed by atoms with Gasteiger partial charge in [-0.3, -0.25) is 9.69 Å². The summed E-state index contributed by atoms with van der Waals surface area (Å²) in [5.41, 5.74) is -0.383. The third-order valence-electron chi connectivity index (χ3n) is 3.36. The summed E-state index contributed by atoms with van der Waals surface area (Å²) in [4.78, 5) is 16.3. The fourth-order valence-electron chi connectivity index (χ4n) is 1.81. The summed E-state index contributed by atoms with van der Waals surface area (Å²) < 4.78 is 0. The topological polar surface area (TPSA) is 35.6 Å². The second-order valence-electron chi connectivity index (χ2n) is 4.62. The van der Waals surface area contributed by atoms with Gasteiger partial charge in [-0.2, -0.15) is 0 Å². The Kier molecular flexibility index (Phi) is 4.11. The lowest BCUT2D eigenvalue weighted by molar-refractivity contribution is -0.142. The van der Waals surface area contributed by atoms with E-state index in [4.69, 9.17) is 0 Å². The zero-order valence-corrected chi connectivity index (χ0v) is 10.3. The molecule has 0 spiro atoms. The predicted molar refractivity (Wildman–Crippen MR) is 61.8 cm³/mol. The fourth-order valence-corrected chi connectivity index (χ4v) is 1.81. The molecule has 1 fully saturated rings. The highest BCUT2D eigenvalue weighted by atomic mass is 16.2. The second-order valence-corrected chi connectivity index (χ2v) is 4.62. The first-order valence-electron chi connectivity index (χ1n) is 5.71. The van der Waals surface area contributed by atoms with Crippen molar-refractivity contribution in [2.75, 3.05) is 39.8 Å². The van der Waals surface area contributed by atoms with Gasteiger partial charge in [-0.25, -0.2) is 0 Å². The van der Waals surface area contributed by atoms with Gasteiger partial charge in [-0.15, -0.1) is 0 Å². The van der Waals surface area contributed by atoms with Crippen molar-refractivity contribution in [3.63, 3.8) is 0 Å². The van der Waals surface area contributed by atoms with Crippen LogP contribution in [-0.2, 0) is 4.79 Å². The number of amides is 1. The number of piperazine rings is 1. The normalized spacial score (nSPS) is 18.3. The molecule has 0 unspecified atom stereocenters. The Morgan fingerprint density at radius 2 is 1.93 bits per heavy atom. The van der Waals surface area contributed by atoms with Crippen LogP contribution in [0.2, 0.25) is 0 Å². The minimum atomic E-state index is -0.383. The lowest BCUT2D eigenvalue weighted by Gasteiger charge is -2.39. The molecule has 0 atom stereocenters. The monoisotopic (exact) mass is 213 g/mol. The maximum Gasteiger partial charge on any atom is 0.242 e. The molecule has 0 aromatic rings. The molecule has 1 aliphatic rings. The zero-order valence-electron chi connectivity index (χ0n) is 10.3. The molecule has 1 aliphatic heterocycles. The van der Waals surface area contributed by atoms with Crippen molar-refractivity contribution >= 4 is 5.91 Å². The highest BCUT2D eigenvalue weighted by Gasteiger charge is 2.35. The molecule has 0 bridgehead atoms. The number of rotatable bonds is 3. The van der Waals surface area contributed by atoms with Crippen LogP contribution in [0.1, 0.15) is 20.8 Å². The van der Waals surface area contributed by atoms with Gasteiger partial charge in [-0.1, -0.05) is 6.92 Å². The van der Waals surface area contributed by atoms with Crippen LogP contribution < -0.4 is 5.32 Å². The van der Waals surface area contributed by atoms with Gasteiger partial charge in [0, 0.05) is 26.2 Å². The average molecular weight is 213 g/mol. The molecule has 4 nitrogen and oxygen atoms in total. The highest BCUT2D eigenvalue weighted by molar-refractivity contribution is 5.85. The first-order valence-corrected chi connectivity index (χ1v) is 5.71. The number of hydrogen-bond donors (Lipinski definition) is 1. The van der Waals surface area contributed by atoms with E-state index in [1.807, 2.05) is 25.8 Å². The summed E-state index contributed by atoms with van der Waals surface area (Å²) >= 11 is 0. The molecule has 1 heterocycles. The Morgan fingerprint density at radius 3 is 2.40 bits per heavy atom. The third kappa shape index (κ3) is 2.69. The molecular weight excluding hydrogens is 190 g/mol. The van der Waals surface area contributed by atoms with Crippen molar-refractivity contribution in [3.8, 4) is 0 Å². The Bertz CT molecular complexity index is 222. The zero-order chi connectivity index (χ0) is 11.5. The van der Waals surface area contributed by atoms with Gasteiger partial charge in [0.2, 0.25) is 5.91 Å². The van der Waals surface area contributed by atoms with Gasteiger partial charge in [0.1, 0.15) is 0 Å². The fraction of sp³-hybridized carbons (Fsp3) is 0.909. The quantitative estimate of drug-likeness (QED) is 0.725. The molecule has 1 saturated heterocycles. The summed E-state index contributed by atoms with van der Waals surface area (Å²) in [5.74, 6) is 0.244. The van der Waals surface area contributed by atoms with Crippen molar-refractivity contribution in [1.29, 1.82) is 0 Å². The van der Waals surface area contributed by atoms with E-state index >= 15 is 0 Å². The summed E-state index contributed by atoms with van der Waals surface area (Å²) in [7, 11) is 2.00.